The van der Waals surface area contributed by atoms with Crippen molar-refractivity contribution in [3.63, 3.8) is 0 Å². The predicted octanol–water partition coefficient (Wildman–Crippen LogP) is 7.83. The van der Waals surface area contributed by atoms with Crippen molar-refractivity contribution in [3.8, 4) is 0 Å². The third kappa shape index (κ3) is 6.63. The van der Waals surface area contributed by atoms with E-state index >= 15 is 0 Å². The van der Waals surface area contributed by atoms with Gasteiger partial charge in [-0.1, -0.05) is 74.8 Å². The third-order valence-electron chi connectivity index (χ3n) is 7.52. The van der Waals surface area contributed by atoms with Crippen LogP contribution >= 0.6 is 0 Å². The van der Waals surface area contributed by atoms with Gasteiger partial charge in [0.1, 0.15) is 6.10 Å². The average Bonchev–Trinajstić information content (AvgIpc) is 2.68. The topological polar surface area (TPSA) is 38.8 Å². The second-order valence-corrected chi connectivity index (χ2v) is 13.5. The Kier molecular flexibility index (Phi) is 8.74. The van der Waals surface area contributed by atoms with Gasteiger partial charge in [0.15, 0.2) is 0 Å². The molecule has 0 radical (unpaired) electrons. The summed E-state index contributed by atoms with van der Waals surface area (Å²) in [5, 5.41) is 2.21. The van der Waals surface area contributed by atoms with E-state index in [1.54, 1.807) is 0 Å². The Hall–Kier alpha value is -1.39. The molecule has 1 aliphatic heterocycles. The smallest absolute Gasteiger partial charge is 0.338 e. The molecule has 1 aromatic carbocycles. The lowest BCUT2D eigenvalue weighted by Gasteiger charge is -2.56. The molecule has 2 atom stereocenters. The minimum atomic E-state index is -0.236. The first-order chi connectivity index (χ1) is 15.4. The summed E-state index contributed by atoms with van der Waals surface area (Å²) in [5.41, 5.74) is 2.44. The zero-order chi connectivity index (χ0) is 26.1. The lowest BCUT2D eigenvalue weighted by atomic mass is 9.73. The van der Waals surface area contributed by atoms with Crippen molar-refractivity contribution in [1.82, 2.24) is 5.06 Å². The van der Waals surface area contributed by atoms with E-state index in [1.807, 2.05) is 12.1 Å². The fourth-order valence-electron chi connectivity index (χ4n) is 4.95. The monoisotopic (exact) mass is 473 g/mol. The molecular formula is C30H51NO3. The van der Waals surface area contributed by atoms with Crippen molar-refractivity contribution in [2.75, 3.05) is 6.61 Å². The maximum atomic E-state index is 13.5. The van der Waals surface area contributed by atoms with Crippen molar-refractivity contribution in [1.29, 1.82) is 0 Å². The molecule has 0 bridgehead atoms. The third-order valence-corrected chi connectivity index (χ3v) is 7.52. The fourth-order valence-corrected chi connectivity index (χ4v) is 4.95. The maximum Gasteiger partial charge on any atom is 0.338 e. The van der Waals surface area contributed by atoms with E-state index < -0.39 is 0 Å². The van der Waals surface area contributed by atoms with Gasteiger partial charge in [-0.3, -0.25) is 4.84 Å². The van der Waals surface area contributed by atoms with Gasteiger partial charge in [-0.2, -0.15) is 5.06 Å². The van der Waals surface area contributed by atoms with Gasteiger partial charge in [-0.05, 0) is 67.2 Å². The zero-order valence-electron chi connectivity index (χ0n) is 24.1. The SMILES string of the molecule is CCCCON1C(C)(C)CC(OC(=O)c2cc(C(C)(C)C)cc(C(C)(C)C)c2)CC1(C)C(C)C. The molecule has 0 aromatic heterocycles. The Bertz CT molecular complexity index is 811. The van der Waals surface area contributed by atoms with Gasteiger partial charge in [-0.25, -0.2) is 4.79 Å². The number of carbonyl (C=O) groups is 1. The molecule has 1 fully saturated rings. The summed E-state index contributed by atoms with van der Waals surface area (Å²) in [5.74, 6) is 0.135. The number of rotatable bonds is 7. The van der Waals surface area contributed by atoms with Crippen molar-refractivity contribution >= 4 is 5.97 Å². The van der Waals surface area contributed by atoms with Crippen LogP contribution in [-0.4, -0.2) is 34.8 Å². The molecule has 0 aliphatic carbocycles. The number of hydrogen-bond acceptors (Lipinski definition) is 4. The summed E-state index contributed by atoms with van der Waals surface area (Å²) in [6.07, 6.45) is 3.50. The van der Waals surface area contributed by atoms with E-state index in [9.17, 15) is 4.79 Å². The first-order valence-corrected chi connectivity index (χ1v) is 13.2. The van der Waals surface area contributed by atoms with Gasteiger partial charge in [0.2, 0.25) is 0 Å². The summed E-state index contributed by atoms with van der Waals surface area (Å²) >= 11 is 0. The van der Waals surface area contributed by atoms with Crippen LogP contribution < -0.4 is 0 Å². The summed E-state index contributed by atoms with van der Waals surface area (Å²) in [6, 6.07) is 6.28. The minimum Gasteiger partial charge on any atom is -0.459 e. The van der Waals surface area contributed by atoms with Crippen LogP contribution in [0.2, 0.25) is 0 Å². The number of hydrogen-bond donors (Lipinski definition) is 0. The lowest BCUT2D eigenvalue weighted by molar-refractivity contribution is -0.306. The first-order valence-electron chi connectivity index (χ1n) is 13.2. The van der Waals surface area contributed by atoms with Gasteiger partial charge in [-0.15, -0.1) is 0 Å². The van der Waals surface area contributed by atoms with Crippen LogP contribution in [0.15, 0.2) is 18.2 Å². The van der Waals surface area contributed by atoms with Gasteiger partial charge in [0, 0.05) is 23.9 Å². The highest BCUT2D eigenvalue weighted by molar-refractivity contribution is 5.90. The van der Waals surface area contributed by atoms with Crippen LogP contribution in [-0.2, 0) is 20.4 Å². The molecule has 4 nitrogen and oxygen atoms in total. The second-order valence-electron chi connectivity index (χ2n) is 13.5. The number of unbranched alkanes of at least 4 members (excludes halogenated alkanes) is 1. The van der Waals surface area contributed by atoms with Crippen molar-refractivity contribution in [2.45, 2.75) is 137 Å². The van der Waals surface area contributed by atoms with Gasteiger partial charge >= 0.3 is 5.97 Å². The second kappa shape index (κ2) is 10.3. The van der Waals surface area contributed by atoms with Gasteiger partial charge in [0.25, 0.3) is 0 Å². The lowest BCUT2D eigenvalue weighted by Crippen LogP contribution is -2.65. The molecule has 0 amide bonds. The van der Waals surface area contributed by atoms with Crippen LogP contribution in [0.25, 0.3) is 0 Å². The summed E-state index contributed by atoms with van der Waals surface area (Å²) < 4.78 is 6.25. The number of ether oxygens (including phenoxy) is 1. The van der Waals surface area contributed by atoms with Crippen LogP contribution in [0.1, 0.15) is 130 Å². The number of benzene rings is 1. The Morgan fingerprint density at radius 3 is 1.97 bits per heavy atom. The molecule has 1 aromatic rings. The molecule has 194 valence electrons. The van der Waals surface area contributed by atoms with Gasteiger partial charge < -0.3 is 4.74 Å². The fraction of sp³-hybridized carbons (Fsp3) is 0.767. The molecular weight excluding hydrogens is 422 g/mol. The minimum absolute atomic E-state index is 0.0460. The molecule has 2 unspecified atom stereocenters. The molecule has 34 heavy (non-hydrogen) atoms. The van der Waals surface area contributed by atoms with Crippen molar-refractivity contribution in [3.05, 3.63) is 34.9 Å². The Balaban J connectivity index is 2.34. The number of piperidine rings is 1. The Morgan fingerprint density at radius 2 is 1.53 bits per heavy atom. The quantitative estimate of drug-likeness (QED) is 0.299. The number of nitrogens with zero attached hydrogens (tertiary/aromatic N) is 1. The normalized spacial score (nSPS) is 23.9. The van der Waals surface area contributed by atoms with Crippen LogP contribution in [0.4, 0.5) is 0 Å². The van der Waals surface area contributed by atoms with Gasteiger partial charge in [0.05, 0.1) is 12.2 Å². The number of carbonyl (C=O) groups excluding carboxylic acids is 1. The maximum absolute atomic E-state index is 13.5. The number of esters is 1. The van der Waals surface area contributed by atoms with Crippen LogP contribution in [0.5, 0.6) is 0 Å². The number of hydroxylamine groups is 2. The zero-order valence-corrected chi connectivity index (χ0v) is 24.1. The van der Waals surface area contributed by atoms with E-state index in [2.05, 4.69) is 94.2 Å². The predicted molar refractivity (Wildman–Crippen MR) is 142 cm³/mol. The Morgan fingerprint density at radius 1 is 1.00 bits per heavy atom. The van der Waals surface area contributed by atoms with E-state index in [0.29, 0.717) is 11.5 Å². The van der Waals surface area contributed by atoms with E-state index in [0.717, 1.165) is 32.3 Å². The molecule has 1 saturated heterocycles. The van der Waals surface area contributed by atoms with Crippen molar-refractivity contribution in [2.24, 2.45) is 5.92 Å². The molecule has 1 aliphatic rings. The molecule has 0 spiro atoms. The largest absolute Gasteiger partial charge is 0.459 e. The molecule has 0 saturated carbocycles. The van der Waals surface area contributed by atoms with E-state index in [-0.39, 0.29) is 34.0 Å². The molecule has 0 N–H and O–H groups in total. The average molecular weight is 474 g/mol. The van der Waals surface area contributed by atoms with E-state index in [1.165, 1.54) is 11.1 Å². The molecule has 2 rings (SSSR count). The summed E-state index contributed by atoms with van der Waals surface area (Å²) in [7, 11) is 0. The van der Waals surface area contributed by atoms with E-state index in [4.69, 9.17) is 9.57 Å². The highest BCUT2D eigenvalue weighted by Gasteiger charge is 2.51. The first kappa shape index (κ1) is 28.8. The Labute approximate surface area is 209 Å². The molecule has 4 heteroatoms. The highest BCUT2D eigenvalue weighted by Crippen LogP contribution is 2.44. The standard InChI is InChI=1S/C30H51NO3/c1-13-14-15-33-31-29(10,11)19-25(20-30(31,12)21(2)3)34-26(32)22-16-23(27(4,5)6)18-24(17-22)28(7,8)9/h16-18,21,25H,13-15,19-20H2,1-12H3. The van der Waals surface area contributed by atoms with Crippen molar-refractivity contribution < 1.29 is 14.4 Å². The summed E-state index contributed by atoms with van der Waals surface area (Å²) in [6.45, 7) is 27.2. The highest BCUT2D eigenvalue weighted by atomic mass is 16.7. The summed E-state index contributed by atoms with van der Waals surface area (Å²) in [4.78, 5) is 19.8. The van der Waals surface area contributed by atoms with Crippen LogP contribution in [0, 0.1) is 5.92 Å². The molecule has 1 heterocycles. The van der Waals surface area contributed by atoms with Crippen LogP contribution in [0.3, 0.4) is 0 Å².